The van der Waals surface area contributed by atoms with Crippen molar-refractivity contribution in [3.05, 3.63) is 11.3 Å². The topological polar surface area (TPSA) is 48.2 Å². The molecule has 1 aliphatic rings. The molecule has 1 N–H and O–H groups in total. The molecule has 0 saturated heterocycles. The summed E-state index contributed by atoms with van der Waals surface area (Å²) in [5.74, 6) is 0. The standard InChI is InChI=1S/C6H6ClN3S/c1-3-4(2-8)5(7)10-6(11)9-3/h6,9,11H,1H3. The molecule has 0 radical (unpaired) electrons. The fourth-order valence-corrected chi connectivity index (χ4v) is 1.41. The Morgan fingerprint density at radius 3 is 2.91 bits per heavy atom. The fraction of sp³-hybridized carbons (Fsp3) is 0.333. The summed E-state index contributed by atoms with van der Waals surface area (Å²) in [6, 6.07) is 1.94. The number of aliphatic imine (C=N–C) groups is 1. The predicted octanol–water partition coefficient (Wildman–Crippen LogP) is 1.24. The third-order valence-corrected chi connectivity index (χ3v) is 1.81. The van der Waals surface area contributed by atoms with Gasteiger partial charge >= 0.3 is 0 Å². The first kappa shape index (κ1) is 8.44. The van der Waals surface area contributed by atoms with Crippen LogP contribution < -0.4 is 5.32 Å². The fourth-order valence-electron chi connectivity index (χ4n) is 0.755. The lowest BCUT2D eigenvalue weighted by molar-refractivity contribution is 0.765. The van der Waals surface area contributed by atoms with Crippen LogP contribution in [0, 0.1) is 11.3 Å². The average molecular weight is 188 g/mol. The van der Waals surface area contributed by atoms with Crippen LogP contribution in [0.3, 0.4) is 0 Å². The van der Waals surface area contributed by atoms with E-state index in [1.165, 1.54) is 0 Å². The number of thiol groups is 1. The van der Waals surface area contributed by atoms with Gasteiger partial charge in [-0.3, -0.25) is 0 Å². The highest BCUT2D eigenvalue weighted by molar-refractivity contribution is 7.80. The summed E-state index contributed by atoms with van der Waals surface area (Å²) in [6.45, 7) is 1.76. The SMILES string of the molecule is CC1=C(C#N)C(Cl)=NC(S)N1. The zero-order valence-electron chi connectivity index (χ0n) is 5.80. The Bertz CT molecular complexity index is 276. The highest BCUT2D eigenvalue weighted by atomic mass is 35.5. The molecular weight excluding hydrogens is 182 g/mol. The van der Waals surface area contributed by atoms with Crippen LogP contribution in [0.4, 0.5) is 0 Å². The highest BCUT2D eigenvalue weighted by Gasteiger charge is 2.15. The van der Waals surface area contributed by atoms with E-state index in [9.17, 15) is 0 Å². The maximum absolute atomic E-state index is 8.58. The number of allylic oxidation sites excluding steroid dienone is 2. The lowest BCUT2D eigenvalue weighted by atomic mass is 10.2. The number of nitriles is 1. The molecule has 11 heavy (non-hydrogen) atoms. The van der Waals surface area contributed by atoms with Gasteiger partial charge in [0.25, 0.3) is 0 Å². The van der Waals surface area contributed by atoms with E-state index in [1.54, 1.807) is 6.92 Å². The third-order valence-electron chi connectivity index (χ3n) is 1.27. The molecule has 0 spiro atoms. The first-order valence-electron chi connectivity index (χ1n) is 2.94. The van der Waals surface area contributed by atoms with E-state index in [2.05, 4.69) is 22.9 Å². The zero-order chi connectivity index (χ0) is 8.43. The lowest BCUT2D eigenvalue weighted by Crippen LogP contribution is -2.27. The molecule has 1 atom stereocenters. The van der Waals surface area contributed by atoms with Crippen molar-refractivity contribution in [3.8, 4) is 6.07 Å². The van der Waals surface area contributed by atoms with E-state index < -0.39 is 0 Å². The van der Waals surface area contributed by atoms with E-state index in [-0.39, 0.29) is 10.7 Å². The van der Waals surface area contributed by atoms with Crippen molar-refractivity contribution >= 4 is 29.4 Å². The van der Waals surface area contributed by atoms with E-state index in [4.69, 9.17) is 16.9 Å². The van der Waals surface area contributed by atoms with Gasteiger partial charge in [-0.2, -0.15) is 5.26 Å². The van der Waals surface area contributed by atoms with Crippen molar-refractivity contribution in [2.24, 2.45) is 4.99 Å². The van der Waals surface area contributed by atoms with Crippen LogP contribution in [0.2, 0.25) is 0 Å². The maximum Gasteiger partial charge on any atom is 0.165 e. The lowest BCUT2D eigenvalue weighted by Gasteiger charge is -2.17. The molecule has 5 heteroatoms. The largest absolute Gasteiger partial charge is 0.358 e. The molecule has 0 aromatic rings. The number of hydrogen-bond donors (Lipinski definition) is 2. The first-order chi connectivity index (χ1) is 5.15. The van der Waals surface area contributed by atoms with Crippen LogP contribution >= 0.6 is 24.2 Å². The molecule has 0 aromatic heterocycles. The molecule has 0 saturated carbocycles. The summed E-state index contributed by atoms with van der Waals surface area (Å²) < 4.78 is 0. The molecule has 1 heterocycles. The van der Waals surface area contributed by atoms with Crippen LogP contribution in [0.5, 0.6) is 0 Å². The van der Waals surface area contributed by atoms with Gasteiger partial charge in [0.15, 0.2) is 5.50 Å². The van der Waals surface area contributed by atoms with Crippen LogP contribution in [0.15, 0.2) is 16.3 Å². The molecular formula is C6H6ClN3S. The highest BCUT2D eigenvalue weighted by Crippen LogP contribution is 2.14. The second-order valence-electron chi connectivity index (χ2n) is 2.05. The molecule has 58 valence electrons. The van der Waals surface area contributed by atoms with Gasteiger partial charge in [0.05, 0.1) is 0 Å². The number of halogens is 1. The summed E-state index contributed by atoms with van der Waals surface area (Å²) in [5.41, 5.74) is 0.768. The molecule has 0 amide bonds. The van der Waals surface area contributed by atoms with Crippen molar-refractivity contribution < 1.29 is 0 Å². The Morgan fingerprint density at radius 2 is 2.45 bits per heavy atom. The number of rotatable bonds is 0. The Kier molecular flexibility index (Phi) is 2.42. The molecule has 3 nitrogen and oxygen atoms in total. The molecule has 0 fully saturated rings. The zero-order valence-corrected chi connectivity index (χ0v) is 7.45. The smallest absolute Gasteiger partial charge is 0.165 e. The van der Waals surface area contributed by atoms with Crippen LogP contribution in [-0.2, 0) is 0 Å². The van der Waals surface area contributed by atoms with E-state index in [1.807, 2.05) is 6.07 Å². The van der Waals surface area contributed by atoms with E-state index in [0.29, 0.717) is 11.3 Å². The summed E-state index contributed by atoms with van der Waals surface area (Å²) in [7, 11) is 0. The summed E-state index contributed by atoms with van der Waals surface area (Å²) >= 11 is 9.69. The predicted molar refractivity (Wildman–Crippen MR) is 47.5 cm³/mol. The summed E-state index contributed by atoms with van der Waals surface area (Å²) in [4.78, 5) is 3.84. The molecule has 1 rings (SSSR count). The van der Waals surface area contributed by atoms with Gasteiger partial charge in [0, 0.05) is 5.70 Å². The Hall–Kier alpha value is -0.660. The molecule has 0 aliphatic carbocycles. The first-order valence-corrected chi connectivity index (χ1v) is 3.84. The molecule has 1 unspecified atom stereocenters. The second kappa shape index (κ2) is 3.16. The van der Waals surface area contributed by atoms with Gasteiger partial charge in [0.2, 0.25) is 0 Å². The van der Waals surface area contributed by atoms with Crippen LogP contribution in [0.25, 0.3) is 0 Å². The van der Waals surface area contributed by atoms with E-state index >= 15 is 0 Å². The van der Waals surface area contributed by atoms with Gasteiger partial charge in [-0.25, -0.2) is 4.99 Å². The summed E-state index contributed by atoms with van der Waals surface area (Å²) in [5, 5.41) is 11.7. The second-order valence-corrected chi connectivity index (χ2v) is 2.90. The van der Waals surface area contributed by atoms with Crippen molar-refractivity contribution in [1.82, 2.24) is 5.32 Å². The minimum Gasteiger partial charge on any atom is -0.358 e. The minimum atomic E-state index is -0.334. The van der Waals surface area contributed by atoms with Crippen molar-refractivity contribution in [3.63, 3.8) is 0 Å². The van der Waals surface area contributed by atoms with Gasteiger partial charge < -0.3 is 5.32 Å². The van der Waals surface area contributed by atoms with Gasteiger partial charge in [-0.05, 0) is 6.92 Å². The van der Waals surface area contributed by atoms with Crippen LogP contribution in [-0.4, -0.2) is 10.7 Å². The Morgan fingerprint density at radius 1 is 1.82 bits per heavy atom. The molecule has 0 bridgehead atoms. The minimum absolute atomic E-state index is 0.226. The van der Waals surface area contributed by atoms with Crippen LogP contribution in [0.1, 0.15) is 6.92 Å². The summed E-state index contributed by atoms with van der Waals surface area (Å²) in [6.07, 6.45) is 0. The Balaban J connectivity index is 3.02. The molecule has 0 aromatic carbocycles. The van der Waals surface area contributed by atoms with Crippen molar-refractivity contribution in [2.75, 3.05) is 0 Å². The monoisotopic (exact) mass is 187 g/mol. The van der Waals surface area contributed by atoms with E-state index in [0.717, 1.165) is 0 Å². The quantitative estimate of drug-likeness (QED) is 0.561. The molecule has 1 aliphatic heterocycles. The van der Waals surface area contributed by atoms with Gasteiger partial charge in [-0.1, -0.05) is 11.6 Å². The normalized spacial score (nSPS) is 23.8. The number of nitrogens with one attached hydrogen (secondary N) is 1. The van der Waals surface area contributed by atoms with Crippen molar-refractivity contribution in [1.29, 1.82) is 5.26 Å². The third kappa shape index (κ3) is 1.67. The maximum atomic E-state index is 8.58. The van der Waals surface area contributed by atoms with Gasteiger partial charge in [-0.15, -0.1) is 12.6 Å². The number of hydrogen-bond acceptors (Lipinski definition) is 4. The average Bonchev–Trinajstić information content (AvgIpc) is 1.85. The van der Waals surface area contributed by atoms with Crippen molar-refractivity contribution in [2.45, 2.75) is 12.4 Å². The Labute approximate surface area is 75.2 Å². The number of nitrogens with zero attached hydrogens (tertiary/aromatic N) is 2. The van der Waals surface area contributed by atoms with Gasteiger partial charge in [0.1, 0.15) is 16.8 Å².